The van der Waals surface area contributed by atoms with Crippen LogP contribution in [0.4, 0.5) is 0 Å². The van der Waals surface area contributed by atoms with E-state index in [4.69, 9.17) is 0 Å². The normalized spacial score (nSPS) is 10.5. The third kappa shape index (κ3) is 13.8. The first-order valence-electron chi connectivity index (χ1n) is 12.0. The Balaban J connectivity index is 0.000000251. The molecule has 0 saturated carbocycles. The van der Waals surface area contributed by atoms with Crippen molar-refractivity contribution >= 4 is 48.8 Å². The van der Waals surface area contributed by atoms with Crippen molar-refractivity contribution in [3.63, 3.8) is 0 Å². The summed E-state index contributed by atoms with van der Waals surface area (Å²) in [6.45, 7) is 5.64. The van der Waals surface area contributed by atoms with E-state index in [0.717, 1.165) is 0 Å². The van der Waals surface area contributed by atoms with E-state index in [0.29, 0.717) is 0 Å². The molecule has 3 rings (SSSR count). The molecule has 3 aromatic carbocycles. The van der Waals surface area contributed by atoms with Gasteiger partial charge in [0.05, 0.1) is 11.5 Å². The molecule has 3 aromatic rings. The first-order valence-corrected chi connectivity index (χ1v) is 14.9. The van der Waals surface area contributed by atoms with Crippen LogP contribution in [-0.2, 0) is 14.3 Å². The molecule has 0 amide bonds. The predicted octanol–water partition coefficient (Wildman–Crippen LogP) is 7.74. The van der Waals surface area contributed by atoms with E-state index in [1.807, 2.05) is 0 Å². The first-order chi connectivity index (χ1) is 16.0. The van der Waals surface area contributed by atoms with Crippen LogP contribution in [-0.4, -0.2) is 43.0 Å². The fourth-order valence-corrected chi connectivity index (χ4v) is 4.53. The maximum atomic E-state index is 11.3. The van der Waals surface area contributed by atoms with Gasteiger partial charge in [-0.25, -0.2) is 0 Å². The van der Waals surface area contributed by atoms with Crippen molar-refractivity contribution in [3.05, 3.63) is 91.5 Å². The second-order valence-corrected chi connectivity index (χ2v) is 10.4. The number of hydrogen-bond acceptors (Lipinski definition) is 3. The van der Waals surface area contributed by atoms with Gasteiger partial charge in [-0.3, -0.25) is 4.18 Å². The molecule has 0 aliphatic rings. The van der Waals surface area contributed by atoms with Crippen molar-refractivity contribution in [1.29, 1.82) is 0 Å². The molecule has 33 heavy (non-hydrogen) atoms. The number of rotatable bonds is 11. The van der Waals surface area contributed by atoms with Crippen molar-refractivity contribution in [1.82, 2.24) is 0 Å². The van der Waals surface area contributed by atoms with Crippen LogP contribution in [0.15, 0.2) is 96.4 Å². The molecule has 0 bridgehead atoms. The molecular formula is C28H37NaO3S. The summed E-state index contributed by atoms with van der Waals surface area (Å²) in [6, 6.07) is 24.7. The summed E-state index contributed by atoms with van der Waals surface area (Å²) in [4.78, 5) is 0.164. The third-order valence-electron chi connectivity index (χ3n) is 4.99. The molecule has 0 aromatic heterocycles. The molecule has 0 unspecified atom stereocenters. The zero-order chi connectivity index (χ0) is 24.2. The smallest absolute Gasteiger partial charge is 0.0184 e. The van der Waals surface area contributed by atoms with E-state index in [-0.39, 0.29) is 11.5 Å². The molecule has 0 aliphatic carbocycles. The van der Waals surface area contributed by atoms with Gasteiger partial charge in [-0.05, 0) is 22.9 Å². The zero-order valence-corrected chi connectivity index (χ0v) is 23.1. The van der Waals surface area contributed by atoms with Crippen LogP contribution in [0.3, 0.4) is 0 Å². The zero-order valence-electron chi connectivity index (χ0n) is 20.3. The van der Waals surface area contributed by atoms with E-state index >= 15 is 0 Å². The minimum absolute atomic E-state index is 0.00275. The van der Waals surface area contributed by atoms with Crippen LogP contribution < -0.4 is 0 Å². The Bertz CT molecular complexity index is 915. The number of fused-ring (bicyclic) bond motifs is 1. The maximum absolute atomic E-state index is 11.3. The minimum atomic E-state index is -3.59. The van der Waals surface area contributed by atoms with Crippen LogP contribution in [0.1, 0.15) is 51.9 Å². The van der Waals surface area contributed by atoms with Gasteiger partial charge in [-0.2, -0.15) is 8.42 Å². The fourth-order valence-electron chi connectivity index (χ4n) is 3.13. The van der Waals surface area contributed by atoms with Gasteiger partial charge < -0.3 is 0 Å². The van der Waals surface area contributed by atoms with E-state index in [1.165, 1.54) is 106 Å². The van der Waals surface area contributed by atoms with Crippen molar-refractivity contribution in [2.75, 3.05) is 6.61 Å². The van der Waals surface area contributed by atoms with Crippen LogP contribution in [0.2, 0.25) is 3.67 Å². The van der Waals surface area contributed by atoms with Crippen molar-refractivity contribution in [3.8, 4) is 0 Å². The number of hydrogen-bond donors (Lipinski definition) is 0. The molecule has 174 valence electrons. The van der Waals surface area contributed by atoms with Crippen LogP contribution >= 0.6 is 0 Å². The van der Waals surface area contributed by atoms with Gasteiger partial charge in [0.15, 0.2) is 0 Å². The van der Waals surface area contributed by atoms with Gasteiger partial charge in [-0.15, -0.1) is 6.58 Å². The molecule has 0 atom stereocenters. The predicted molar refractivity (Wildman–Crippen MR) is 142 cm³/mol. The number of benzene rings is 3. The van der Waals surface area contributed by atoms with Crippen LogP contribution in [0.5, 0.6) is 0 Å². The minimum Gasteiger partial charge on any atom is -0.0616 e. The van der Waals surface area contributed by atoms with Crippen molar-refractivity contribution in [2.45, 2.75) is 60.4 Å². The van der Waals surface area contributed by atoms with Gasteiger partial charge in [-0.1, -0.05) is 72.8 Å². The van der Waals surface area contributed by atoms with Gasteiger partial charge in [0.1, 0.15) is 0 Å². The van der Waals surface area contributed by atoms with Crippen LogP contribution in [0, 0.1) is 0 Å². The van der Waals surface area contributed by atoms with Gasteiger partial charge in [0.2, 0.25) is 0 Å². The second kappa shape index (κ2) is 18.9. The Hall–Kier alpha value is -1.43. The Morgan fingerprint density at radius 2 is 1.21 bits per heavy atom. The summed E-state index contributed by atoms with van der Waals surface area (Å²) in [7, 11) is -3.59. The van der Waals surface area contributed by atoms with Gasteiger partial charge in [0, 0.05) is 0 Å². The quantitative estimate of drug-likeness (QED) is 0.123. The molecule has 0 aliphatic heterocycles. The molecule has 0 N–H and O–H groups in total. The molecule has 5 heteroatoms. The Morgan fingerprint density at radius 1 is 0.758 bits per heavy atom. The summed E-state index contributed by atoms with van der Waals surface area (Å²) >= 11 is 1.41. The van der Waals surface area contributed by atoms with Crippen LogP contribution in [0.25, 0.3) is 10.8 Å². The summed E-state index contributed by atoms with van der Waals surface area (Å²) in [5.41, 5.74) is 0. The molecule has 3 nitrogen and oxygen atoms in total. The molecule has 0 heterocycles. The van der Waals surface area contributed by atoms with E-state index in [1.54, 1.807) is 18.2 Å². The number of unbranched alkanes of at least 4 members (excludes halogenated alkanes) is 6. The monoisotopic (exact) mass is 476 g/mol. The SMILES string of the molecule is C=CCOS(=O)(=O)c1ccccc1.CCCCCCCC[CH2][Na].c1ccc2ccccc2c1. The molecule has 0 saturated heterocycles. The van der Waals surface area contributed by atoms with Crippen molar-refractivity contribution in [2.24, 2.45) is 0 Å². The molecule has 0 fully saturated rings. The van der Waals surface area contributed by atoms with Crippen molar-refractivity contribution < 1.29 is 12.6 Å². The standard InChI is InChI=1S/C10H8.C9H10O3S.C9H19.Na/c1-2-6-10-8-4-3-7-9(10)5-1;1-2-8-12-13(10,11)9-6-4-3-5-7-9;1-3-5-7-9-8-6-4-2;/h1-8H;2-7H,1,8H2;1,3-9H2,2H3;. The third-order valence-corrected chi connectivity index (χ3v) is 6.99. The van der Waals surface area contributed by atoms with Gasteiger partial charge >= 0.3 is 83.5 Å². The maximum Gasteiger partial charge on any atom is -0.0184 e. The molecule has 0 radical (unpaired) electrons. The van der Waals surface area contributed by atoms with E-state index < -0.39 is 10.1 Å². The van der Waals surface area contributed by atoms with E-state index in [9.17, 15) is 8.42 Å². The fraction of sp³-hybridized carbons (Fsp3) is 0.357. The molecular weight excluding hydrogens is 439 g/mol. The first kappa shape index (κ1) is 29.6. The summed E-state index contributed by atoms with van der Waals surface area (Å²) < 4.78 is 28.8. The average Bonchev–Trinajstić information content (AvgIpc) is 2.86. The topological polar surface area (TPSA) is 43.4 Å². The Morgan fingerprint density at radius 3 is 1.67 bits per heavy atom. The molecule has 0 spiro atoms. The second-order valence-electron chi connectivity index (χ2n) is 7.81. The summed E-state index contributed by atoms with van der Waals surface area (Å²) in [5.74, 6) is 0. The summed E-state index contributed by atoms with van der Waals surface area (Å²) in [5, 5.41) is 2.62. The van der Waals surface area contributed by atoms with Gasteiger partial charge in [0.25, 0.3) is 10.1 Å². The Kier molecular flexibility index (Phi) is 17.0. The largest absolute Gasteiger partial charge is 0.0616 e. The average molecular weight is 477 g/mol. The van der Waals surface area contributed by atoms with E-state index in [2.05, 4.69) is 66.2 Å². The Labute approximate surface area is 218 Å². The summed E-state index contributed by atoms with van der Waals surface area (Å²) in [6.07, 6.45) is 11.6.